The molecule has 0 saturated carbocycles. The van der Waals surface area contributed by atoms with Gasteiger partial charge in [0.25, 0.3) is 0 Å². The Labute approximate surface area is 126 Å². The van der Waals surface area contributed by atoms with Crippen molar-refractivity contribution in [3.63, 3.8) is 0 Å². The Kier molecular flexibility index (Phi) is 4.12. The molecule has 50 valence electrons. The predicted octanol–water partition coefficient (Wildman–Crippen LogP) is -0.649. The van der Waals surface area contributed by atoms with Crippen LogP contribution in [0.2, 0.25) is 0 Å². The van der Waals surface area contributed by atoms with Gasteiger partial charge in [-0.25, -0.2) is 0 Å². The molecule has 0 aliphatic carbocycles. The third kappa shape index (κ3) is 2.31. The molecule has 0 atom stereocenters. The van der Waals surface area contributed by atoms with Crippen molar-refractivity contribution in [2.45, 2.75) is 0 Å². The maximum absolute atomic E-state index is 4.18. The zero-order valence-electron chi connectivity index (χ0n) is 7.49. The summed E-state index contributed by atoms with van der Waals surface area (Å²) in [4.78, 5) is 4.18. The van der Waals surface area contributed by atoms with Crippen molar-refractivity contribution in [2.75, 3.05) is 0 Å². The number of rotatable bonds is 0. The number of benzene rings is 1. The molecule has 1 aromatic heterocycles. The molecule has 2 heteroatoms. The molecule has 0 saturated heterocycles. The van der Waals surface area contributed by atoms with Gasteiger partial charge in [0, 0.05) is 11.6 Å². The average molecular weight is 263 g/mol. The van der Waals surface area contributed by atoms with Crippen molar-refractivity contribution >= 4 is 10.9 Å². The SMILES string of the molecule is [Cs+].[H-].c1ccc2ncccc2c1. The van der Waals surface area contributed by atoms with E-state index in [4.69, 9.17) is 0 Å². The van der Waals surface area contributed by atoms with Gasteiger partial charge in [0.15, 0.2) is 0 Å². The van der Waals surface area contributed by atoms with E-state index in [1.54, 1.807) is 0 Å². The molecule has 0 unspecified atom stereocenters. The van der Waals surface area contributed by atoms with E-state index < -0.39 is 0 Å². The first kappa shape index (κ1) is 9.77. The van der Waals surface area contributed by atoms with E-state index in [-0.39, 0.29) is 70.3 Å². The molecule has 2 rings (SSSR count). The van der Waals surface area contributed by atoms with Gasteiger partial charge in [-0.3, -0.25) is 4.98 Å². The molecular formula is C9H8CsN. The molecule has 2 aromatic rings. The molecule has 0 aliphatic heterocycles. The maximum Gasteiger partial charge on any atom is 1.00 e. The number of fused-ring (bicyclic) bond motifs is 1. The Morgan fingerprint density at radius 1 is 1.00 bits per heavy atom. The summed E-state index contributed by atoms with van der Waals surface area (Å²) in [5.74, 6) is 0. The summed E-state index contributed by atoms with van der Waals surface area (Å²) >= 11 is 0. The van der Waals surface area contributed by atoms with Crippen LogP contribution in [0.3, 0.4) is 0 Å². The second-order valence-electron chi connectivity index (χ2n) is 2.20. The van der Waals surface area contributed by atoms with Crippen LogP contribution in [0.15, 0.2) is 42.6 Å². The van der Waals surface area contributed by atoms with Crippen molar-refractivity contribution in [1.82, 2.24) is 4.98 Å². The third-order valence-electron chi connectivity index (χ3n) is 1.51. The van der Waals surface area contributed by atoms with Gasteiger partial charge in [-0.15, -0.1) is 0 Å². The largest absolute Gasteiger partial charge is 1.00 e. The van der Waals surface area contributed by atoms with Crippen LogP contribution < -0.4 is 68.9 Å². The van der Waals surface area contributed by atoms with Gasteiger partial charge in [0.05, 0.1) is 5.52 Å². The molecule has 0 spiro atoms. The fourth-order valence-corrected chi connectivity index (χ4v) is 1.02. The summed E-state index contributed by atoms with van der Waals surface area (Å²) in [5, 5.41) is 1.20. The number of para-hydroxylation sites is 1. The van der Waals surface area contributed by atoms with E-state index in [1.807, 2.05) is 30.5 Å². The van der Waals surface area contributed by atoms with Gasteiger partial charge in [-0.05, 0) is 12.1 Å². The van der Waals surface area contributed by atoms with Crippen LogP contribution in [0.25, 0.3) is 10.9 Å². The van der Waals surface area contributed by atoms with Crippen molar-refractivity contribution in [3.8, 4) is 0 Å². The van der Waals surface area contributed by atoms with Crippen molar-refractivity contribution in [2.24, 2.45) is 0 Å². The van der Waals surface area contributed by atoms with Crippen LogP contribution in [0.1, 0.15) is 1.43 Å². The Hall–Kier alpha value is 0.682. The van der Waals surface area contributed by atoms with Crippen LogP contribution >= 0.6 is 0 Å². The Morgan fingerprint density at radius 3 is 2.55 bits per heavy atom. The zero-order valence-corrected chi connectivity index (χ0v) is 12.8. The summed E-state index contributed by atoms with van der Waals surface area (Å²) in [6, 6.07) is 12.1. The Bertz CT molecular complexity index is 286. The average Bonchev–Trinajstić information content (AvgIpc) is 2.05. The van der Waals surface area contributed by atoms with Gasteiger partial charge in [-0.1, -0.05) is 24.3 Å². The second-order valence-corrected chi connectivity index (χ2v) is 2.20. The van der Waals surface area contributed by atoms with Crippen LogP contribution in [-0.2, 0) is 0 Å². The number of hydrogen-bond donors (Lipinski definition) is 0. The van der Waals surface area contributed by atoms with E-state index >= 15 is 0 Å². The van der Waals surface area contributed by atoms with Gasteiger partial charge < -0.3 is 1.43 Å². The molecule has 0 radical (unpaired) electrons. The summed E-state index contributed by atoms with van der Waals surface area (Å²) < 4.78 is 0. The number of pyridine rings is 1. The summed E-state index contributed by atoms with van der Waals surface area (Å²) in [7, 11) is 0. The monoisotopic (exact) mass is 263 g/mol. The topological polar surface area (TPSA) is 12.9 Å². The predicted molar refractivity (Wildman–Crippen MR) is 42.9 cm³/mol. The third-order valence-corrected chi connectivity index (χ3v) is 1.51. The van der Waals surface area contributed by atoms with E-state index in [2.05, 4.69) is 17.1 Å². The van der Waals surface area contributed by atoms with Gasteiger partial charge in [0.2, 0.25) is 0 Å². The fourth-order valence-electron chi connectivity index (χ4n) is 1.02. The van der Waals surface area contributed by atoms with Crippen molar-refractivity contribution < 1.29 is 70.3 Å². The molecule has 0 bridgehead atoms. The fraction of sp³-hybridized carbons (Fsp3) is 0. The molecule has 11 heavy (non-hydrogen) atoms. The molecule has 0 fully saturated rings. The normalized spacial score (nSPS) is 9.09. The molecular weight excluding hydrogens is 255 g/mol. The Morgan fingerprint density at radius 2 is 1.73 bits per heavy atom. The van der Waals surface area contributed by atoms with Crippen LogP contribution in [0, 0.1) is 0 Å². The Balaban J connectivity index is 0.000000605. The molecule has 0 N–H and O–H groups in total. The standard InChI is InChI=1S/C9H7N.Cs.H/c1-2-6-9-8(4-1)5-3-7-10-9;;/h1-7H;;/q;+1;-1. The molecule has 1 heterocycles. The van der Waals surface area contributed by atoms with E-state index in [1.165, 1.54) is 5.39 Å². The van der Waals surface area contributed by atoms with E-state index in [9.17, 15) is 0 Å². The van der Waals surface area contributed by atoms with E-state index in [0.29, 0.717) is 0 Å². The molecule has 1 aromatic carbocycles. The second kappa shape index (κ2) is 4.65. The van der Waals surface area contributed by atoms with Crippen LogP contribution in [-0.4, -0.2) is 4.98 Å². The van der Waals surface area contributed by atoms with Crippen molar-refractivity contribution in [1.29, 1.82) is 0 Å². The summed E-state index contributed by atoms with van der Waals surface area (Å²) in [5.41, 5.74) is 1.06. The minimum atomic E-state index is 0. The minimum Gasteiger partial charge on any atom is -1.00 e. The first-order valence-corrected chi connectivity index (χ1v) is 3.26. The van der Waals surface area contributed by atoms with Gasteiger partial charge >= 0.3 is 68.9 Å². The first-order valence-electron chi connectivity index (χ1n) is 3.26. The summed E-state index contributed by atoms with van der Waals surface area (Å²) in [6.45, 7) is 0. The number of nitrogens with zero attached hydrogens (tertiary/aromatic N) is 1. The number of hydrogen-bond acceptors (Lipinski definition) is 1. The smallest absolute Gasteiger partial charge is 1.00 e. The quantitative estimate of drug-likeness (QED) is 0.615. The summed E-state index contributed by atoms with van der Waals surface area (Å²) in [6.07, 6.45) is 1.81. The molecule has 0 amide bonds. The van der Waals surface area contributed by atoms with Gasteiger partial charge in [-0.2, -0.15) is 0 Å². The van der Waals surface area contributed by atoms with Gasteiger partial charge in [0.1, 0.15) is 0 Å². The van der Waals surface area contributed by atoms with Crippen molar-refractivity contribution in [3.05, 3.63) is 42.6 Å². The number of aromatic nitrogens is 1. The minimum absolute atomic E-state index is 0. The van der Waals surface area contributed by atoms with E-state index in [0.717, 1.165) is 5.52 Å². The zero-order chi connectivity index (χ0) is 6.81. The molecule has 0 aliphatic rings. The van der Waals surface area contributed by atoms with Crippen LogP contribution in [0.5, 0.6) is 0 Å². The first-order chi connectivity index (χ1) is 4.97. The maximum atomic E-state index is 4.18. The van der Waals surface area contributed by atoms with Crippen LogP contribution in [0.4, 0.5) is 0 Å². The molecule has 1 nitrogen and oxygen atoms in total.